The molecule has 232 valence electrons. The van der Waals surface area contributed by atoms with E-state index in [-0.39, 0.29) is 17.4 Å². The zero-order valence-corrected chi connectivity index (χ0v) is 27.3. The fourth-order valence-corrected chi connectivity index (χ4v) is 9.29. The van der Waals surface area contributed by atoms with Crippen LogP contribution in [0.2, 0.25) is 5.02 Å². The van der Waals surface area contributed by atoms with Crippen LogP contribution in [0.3, 0.4) is 0 Å². The number of carbonyl (C=O) groups is 1. The Kier molecular flexibility index (Phi) is 9.74. The molecule has 1 fully saturated rings. The summed E-state index contributed by atoms with van der Waals surface area (Å²) in [6, 6.07) is 11.8. The van der Waals surface area contributed by atoms with Crippen LogP contribution in [0.15, 0.2) is 66.1 Å². The maximum absolute atomic E-state index is 13.4. The maximum atomic E-state index is 13.4. The summed E-state index contributed by atoms with van der Waals surface area (Å²) in [6.07, 6.45) is 11.3. The molecule has 1 saturated carbocycles. The summed E-state index contributed by atoms with van der Waals surface area (Å²) in [7, 11) is -0.938. The summed E-state index contributed by atoms with van der Waals surface area (Å²) in [5.74, 6) is 1.60. The molecule has 3 aliphatic rings. The van der Waals surface area contributed by atoms with Crippen LogP contribution >= 0.6 is 11.6 Å². The molecule has 6 nitrogen and oxygen atoms in total. The van der Waals surface area contributed by atoms with Gasteiger partial charge in [-0.1, -0.05) is 36.7 Å². The van der Waals surface area contributed by atoms with E-state index < -0.39 is 15.6 Å². The van der Waals surface area contributed by atoms with Gasteiger partial charge in [-0.25, -0.2) is 4.21 Å². The van der Waals surface area contributed by atoms with Crippen molar-refractivity contribution < 1.29 is 18.5 Å². The van der Waals surface area contributed by atoms with Gasteiger partial charge in [-0.3, -0.25) is 4.79 Å². The van der Waals surface area contributed by atoms with Crippen molar-refractivity contribution in [3.8, 4) is 5.75 Å². The fourth-order valence-electron chi connectivity index (χ4n) is 7.38. The van der Waals surface area contributed by atoms with Crippen molar-refractivity contribution in [1.82, 2.24) is 0 Å². The summed E-state index contributed by atoms with van der Waals surface area (Å²) in [5.41, 5.74) is 3.70. The number of benzene rings is 2. The first-order valence-corrected chi connectivity index (χ1v) is 17.9. The van der Waals surface area contributed by atoms with Gasteiger partial charge in [-0.05, 0) is 97.7 Å². The minimum absolute atomic E-state index is 0.0147. The van der Waals surface area contributed by atoms with Gasteiger partial charge < -0.3 is 14.4 Å². The van der Waals surface area contributed by atoms with Crippen LogP contribution in [0.25, 0.3) is 0 Å². The minimum Gasteiger partial charge on any atom is -0.490 e. The van der Waals surface area contributed by atoms with Crippen LogP contribution in [0.4, 0.5) is 5.69 Å². The molecule has 2 aliphatic carbocycles. The lowest BCUT2D eigenvalue weighted by molar-refractivity contribution is 0.0135. The smallest absolute Gasteiger partial charge is 0.285 e. The second kappa shape index (κ2) is 13.2. The molecular weight excluding hydrogens is 580 g/mol. The summed E-state index contributed by atoms with van der Waals surface area (Å²) in [6.45, 7) is 11.9. The van der Waals surface area contributed by atoms with Gasteiger partial charge in [0.2, 0.25) is 0 Å². The van der Waals surface area contributed by atoms with Crippen molar-refractivity contribution in [2.75, 3.05) is 43.7 Å². The minimum atomic E-state index is -2.69. The number of methoxy groups -OCH3 is 1. The Hall–Kier alpha value is -2.61. The lowest BCUT2D eigenvalue weighted by Gasteiger charge is -2.46. The van der Waals surface area contributed by atoms with Crippen molar-refractivity contribution in [2.24, 2.45) is 22.1 Å². The van der Waals surface area contributed by atoms with E-state index in [4.69, 9.17) is 21.1 Å². The largest absolute Gasteiger partial charge is 0.490 e. The molecule has 6 atom stereocenters. The lowest BCUT2D eigenvalue weighted by atomic mass is 9.68. The van der Waals surface area contributed by atoms with E-state index in [0.717, 1.165) is 68.1 Å². The quantitative estimate of drug-likeness (QED) is 0.256. The molecule has 1 unspecified atom stereocenters. The number of halogens is 1. The van der Waals surface area contributed by atoms with Crippen molar-refractivity contribution >= 4 is 32.9 Å². The number of allylic oxidation sites excluding steroid dienone is 1. The molecule has 2 aromatic rings. The highest BCUT2D eigenvalue weighted by molar-refractivity contribution is 7.93. The Bertz CT molecular complexity index is 1500. The Morgan fingerprint density at radius 2 is 2.09 bits per heavy atom. The monoisotopic (exact) mass is 624 g/mol. The highest BCUT2D eigenvalue weighted by atomic mass is 35.5. The number of carbonyl (C=O) groups excluding carboxylic acids is 1. The Balaban J connectivity index is 1.51. The predicted molar refractivity (Wildman–Crippen MR) is 177 cm³/mol. The second-order valence-electron chi connectivity index (χ2n) is 12.9. The Morgan fingerprint density at radius 3 is 2.79 bits per heavy atom. The van der Waals surface area contributed by atoms with Gasteiger partial charge in [0.1, 0.15) is 5.75 Å². The van der Waals surface area contributed by atoms with Crippen molar-refractivity contribution in [3.05, 3.63) is 83.4 Å². The van der Waals surface area contributed by atoms with Crippen molar-refractivity contribution in [1.29, 1.82) is 0 Å². The first-order valence-electron chi connectivity index (χ1n) is 15.4. The average molecular weight is 625 g/mol. The topological polar surface area (TPSA) is 68.2 Å². The third kappa shape index (κ3) is 6.89. The number of hydrogen-bond donors (Lipinski definition) is 0. The molecule has 0 bridgehead atoms. The zero-order chi connectivity index (χ0) is 30.8. The molecule has 1 amide bonds. The zero-order valence-electron chi connectivity index (χ0n) is 25.7. The van der Waals surface area contributed by atoms with Gasteiger partial charge in [0, 0.05) is 48.2 Å². The van der Waals surface area contributed by atoms with Crippen LogP contribution < -0.4 is 9.64 Å². The van der Waals surface area contributed by atoms with Gasteiger partial charge >= 0.3 is 0 Å². The van der Waals surface area contributed by atoms with Gasteiger partial charge in [0.05, 0.1) is 28.1 Å². The van der Waals surface area contributed by atoms with Crippen LogP contribution in [-0.2, 0) is 26.3 Å². The molecule has 1 aliphatic heterocycles. The molecule has 5 rings (SSSR count). The Labute approximate surface area is 262 Å². The predicted octanol–water partition coefficient (Wildman–Crippen LogP) is 7.49. The van der Waals surface area contributed by atoms with E-state index >= 15 is 0 Å². The van der Waals surface area contributed by atoms with Gasteiger partial charge in [-0.2, -0.15) is 4.36 Å². The molecule has 8 heteroatoms. The van der Waals surface area contributed by atoms with Gasteiger partial charge in [-0.15, -0.1) is 13.2 Å². The van der Waals surface area contributed by atoms with Crippen LogP contribution in [0, 0.1) is 17.8 Å². The number of amides is 1. The van der Waals surface area contributed by atoms with Gasteiger partial charge in [0.15, 0.2) is 0 Å². The number of ether oxygens (including phenoxy) is 2. The number of fused-ring (bicyclic) bond motifs is 3. The standard InChI is InChI=1S/C35H45ClN2O4S/c1-6-9-24(3)21-43(5,40)37-34(39)26-12-16-33-31(19-26)38(20-27-11-14-29(27)32(7-2)41-4)22-35(23-42-33)17-8-10-25-18-28(36)13-15-30(25)35/h6-7,12-13,15-16,18-19,24,27,29,32H,1-2,8-11,14,17,20-23H2,3-5H3/t24-,27-,29+,32-,35-,43?/m0/s1. The van der Waals surface area contributed by atoms with E-state index in [9.17, 15) is 9.00 Å². The lowest BCUT2D eigenvalue weighted by Crippen LogP contribution is -2.49. The van der Waals surface area contributed by atoms with E-state index in [0.29, 0.717) is 29.8 Å². The van der Waals surface area contributed by atoms with Crippen molar-refractivity contribution in [2.45, 2.75) is 57.0 Å². The average Bonchev–Trinajstić information content (AvgIpc) is 3.10. The molecule has 1 spiro atoms. The van der Waals surface area contributed by atoms with E-state index in [1.54, 1.807) is 19.4 Å². The molecule has 2 aromatic carbocycles. The molecule has 0 saturated heterocycles. The first-order chi connectivity index (χ1) is 20.6. The third-order valence-electron chi connectivity index (χ3n) is 9.58. The van der Waals surface area contributed by atoms with Crippen LogP contribution in [0.1, 0.15) is 60.5 Å². The van der Waals surface area contributed by atoms with E-state index in [2.05, 4.69) is 34.6 Å². The van der Waals surface area contributed by atoms with Crippen LogP contribution in [-0.4, -0.2) is 55.0 Å². The molecule has 1 heterocycles. The van der Waals surface area contributed by atoms with E-state index in [1.165, 1.54) is 11.1 Å². The highest BCUT2D eigenvalue weighted by Crippen LogP contribution is 2.47. The third-order valence-corrected chi connectivity index (χ3v) is 11.6. The molecule has 0 aromatic heterocycles. The fraction of sp³-hybridized carbons (Fsp3) is 0.514. The first kappa shape index (κ1) is 31.8. The normalized spacial score (nSPS) is 25.5. The number of aryl methyl sites for hydroxylation is 1. The van der Waals surface area contributed by atoms with Crippen molar-refractivity contribution in [3.63, 3.8) is 0 Å². The number of rotatable bonds is 10. The SMILES string of the molecule is C=CC[C@H](C)CS(C)(=O)=NC(=O)c1ccc2c(c1)N(C[C@@H]1CC[C@H]1[C@H](C=C)OC)C[C@@]1(CCCc3cc(Cl)ccc31)CO2. The summed E-state index contributed by atoms with van der Waals surface area (Å²) in [5, 5.41) is 0.760. The summed E-state index contributed by atoms with van der Waals surface area (Å²) >= 11 is 6.42. The summed E-state index contributed by atoms with van der Waals surface area (Å²) in [4.78, 5) is 15.8. The molecular formula is C35H45ClN2O4S. The van der Waals surface area contributed by atoms with Crippen LogP contribution in [0.5, 0.6) is 5.75 Å². The number of nitrogens with zero attached hydrogens (tertiary/aromatic N) is 2. The Morgan fingerprint density at radius 1 is 1.28 bits per heavy atom. The van der Waals surface area contributed by atoms with E-state index in [1.807, 2.05) is 37.3 Å². The van der Waals surface area contributed by atoms with Gasteiger partial charge in [0.25, 0.3) is 5.91 Å². The maximum Gasteiger partial charge on any atom is 0.285 e. The molecule has 43 heavy (non-hydrogen) atoms. The summed E-state index contributed by atoms with van der Waals surface area (Å²) < 4.78 is 29.9. The second-order valence-corrected chi connectivity index (χ2v) is 15.7. The number of hydrogen-bond acceptors (Lipinski definition) is 5. The number of anilines is 1. The molecule has 0 radical (unpaired) electrons. The molecule has 0 N–H and O–H groups in total. The highest BCUT2D eigenvalue weighted by Gasteiger charge is 2.44.